The van der Waals surface area contributed by atoms with Crippen molar-refractivity contribution >= 4 is 27.7 Å². The number of benzene rings is 1. The smallest absolute Gasteiger partial charge is 0.236 e. The Morgan fingerprint density at radius 3 is 2.23 bits per heavy atom. The SMILES string of the molecule is CC1=Cc2c(c(-c3ccccc3)cn2S(C)(=O)=O)C(=O)C1=O. The first kappa shape index (κ1) is 14.5. The van der Waals surface area contributed by atoms with Crippen LogP contribution >= 0.6 is 0 Å². The highest BCUT2D eigenvalue weighted by molar-refractivity contribution is 7.89. The summed E-state index contributed by atoms with van der Waals surface area (Å²) in [4.78, 5) is 24.3. The molecule has 3 rings (SSSR count). The summed E-state index contributed by atoms with van der Waals surface area (Å²) < 4.78 is 25.0. The average molecular weight is 315 g/mol. The maximum atomic E-state index is 12.4. The van der Waals surface area contributed by atoms with Gasteiger partial charge in [0.15, 0.2) is 0 Å². The van der Waals surface area contributed by atoms with E-state index < -0.39 is 21.6 Å². The summed E-state index contributed by atoms with van der Waals surface area (Å²) in [5, 5.41) is 0. The third-order valence-electron chi connectivity index (χ3n) is 3.60. The van der Waals surface area contributed by atoms with E-state index in [4.69, 9.17) is 0 Å². The van der Waals surface area contributed by atoms with Crippen molar-refractivity contribution in [1.82, 2.24) is 3.97 Å². The molecule has 2 aromatic rings. The summed E-state index contributed by atoms with van der Waals surface area (Å²) in [5.41, 5.74) is 1.76. The highest BCUT2D eigenvalue weighted by Gasteiger charge is 2.33. The van der Waals surface area contributed by atoms with Crippen LogP contribution in [-0.4, -0.2) is 30.2 Å². The summed E-state index contributed by atoms with van der Waals surface area (Å²) in [6.45, 7) is 1.50. The predicted octanol–water partition coefficient (Wildman–Crippen LogP) is 2.13. The third-order valence-corrected chi connectivity index (χ3v) is 4.61. The second kappa shape index (κ2) is 4.78. The van der Waals surface area contributed by atoms with Gasteiger partial charge in [0.05, 0.1) is 17.5 Å². The summed E-state index contributed by atoms with van der Waals surface area (Å²) in [6.07, 6.45) is 3.91. The van der Waals surface area contributed by atoms with E-state index in [1.807, 2.05) is 6.07 Å². The van der Waals surface area contributed by atoms with E-state index in [9.17, 15) is 18.0 Å². The van der Waals surface area contributed by atoms with Crippen molar-refractivity contribution in [2.24, 2.45) is 0 Å². The lowest BCUT2D eigenvalue weighted by molar-refractivity contribution is -0.111. The Bertz CT molecular complexity index is 934. The Labute approximate surface area is 127 Å². The predicted molar refractivity (Wildman–Crippen MR) is 83.1 cm³/mol. The highest BCUT2D eigenvalue weighted by Crippen LogP contribution is 2.34. The second-order valence-electron chi connectivity index (χ2n) is 5.21. The van der Waals surface area contributed by atoms with E-state index in [1.54, 1.807) is 24.3 Å². The number of aromatic nitrogens is 1. The van der Waals surface area contributed by atoms with Crippen molar-refractivity contribution in [3.8, 4) is 11.1 Å². The maximum Gasteiger partial charge on any atom is 0.236 e. The molecule has 1 heterocycles. The van der Waals surface area contributed by atoms with E-state index in [0.717, 1.165) is 10.2 Å². The van der Waals surface area contributed by atoms with Crippen LogP contribution in [0.2, 0.25) is 0 Å². The van der Waals surface area contributed by atoms with Crippen molar-refractivity contribution in [2.75, 3.05) is 6.26 Å². The van der Waals surface area contributed by atoms with Gasteiger partial charge in [0.25, 0.3) is 0 Å². The average Bonchev–Trinajstić information content (AvgIpc) is 2.85. The lowest BCUT2D eigenvalue weighted by atomic mass is 9.91. The van der Waals surface area contributed by atoms with Gasteiger partial charge < -0.3 is 0 Å². The number of carbonyl (C=O) groups is 2. The molecule has 0 radical (unpaired) electrons. The zero-order chi connectivity index (χ0) is 16.1. The fraction of sp³-hybridized carbons (Fsp3) is 0.125. The molecule has 0 fully saturated rings. The van der Waals surface area contributed by atoms with Gasteiger partial charge in [-0.1, -0.05) is 30.3 Å². The molecule has 0 atom stereocenters. The van der Waals surface area contributed by atoms with E-state index in [-0.39, 0.29) is 16.8 Å². The van der Waals surface area contributed by atoms with Gasteiger partial charge in [0, 0.05) is 17.3 Å². The Hall–Kier alpha value is -2.47. The van der Waals surface area contributed by atoms with Crippen molar-refractivity contribution < 1.29 is 18.0 Å². The minimum absolute atomic E-state index is 0.146. The molecular weight excluding hydrogens is 302 g/mol. The standard InChI is InChI=1S/C16H13NO4S/c1-10-8-13-14(16(19)15(10)18)12(9-17(13)22(2,20)21)11-6-4-3-5-7-11/h3-9H,1-2H3. The number of fused-ring (bicyclic) bond motifs is 1. The van der Waals surface area contributed by atoms with Crippen LogP contribution in [0.4, 0.5) is 0 Å². The number of ketones is 2. The number of allylic oxidation sites excluding steroid dienone is 1. The van der Waals surface area contributed by atoms with Crippen LogP contribution in [0.15, 0.2) is 42.1 Å². The molecule has 0 unspecified atom stereocenters. The number of nitrogens with zero attached hydrogens (tertiary/aromatic N) is 1. The first-order valence-corrected chi connectivity index (χ1v) is 8.44. The van der Waals surface area contributed by atoms with Crippen LogP contribution in [-0.2, 0) is 14.8 Å². The fourth-order valence-electron chi connectivity index (χ4n) is 2.55. The van der Waals surface area contributed by atoms with Gasteiger partial charge in [-0.3, -0.25) is 9.59 Å². The Morgan fingerprint density at radius 2 is 1.64 bits per heavy atom. The zero-order valence-electron chi connectivity index (χ0n) is 12.0. The normalized spacial score (nSPS) is 14.7. The number of Topliss-reactive ketones (excluding diaryl/α,β-unsaturated/α-hetero) is 2. The molecule has 0 aliphatic heterocycles. The van der Waals surface area contributed by atoms with Gasteiger partial charge in [-0.2, -0.15) is 0 Å². The van der Waals surface area contributed by atoms with Gasteiger partial charge in [0.1, 0.15) is 0 Å². The molecule has 0 saturated heterocycles. The van der Waals surface area contributed by atoms with E-state index in [2.05, 4.69) is 0 Å². The lowest BCUT2D eigenvalue weighted by Gasteiger charge is -2.12. The lowest BCUT2D eigenvalue weighted by Crippen LogP contribution is -2.22. The quantitative estimate of drug-likeness (QED) is 0.796. The molecule has 22 heavy (non-hydrogen) atoms. The number of hydrogen-bond acceptors (Lipinski definition) is 4. The van der Waals surface area contributed by atoms with Crippen LogP contribution in [0.1, 0.15) is 23.0 Å². The van der Waals surface area contributed by atoms with Gasteiger partial charge in [-0.15, -0.1) is 0 Å². The first-order valence-electron chi connectivity index (χ1n) is 6.59. The molecule has 1 aromatic carbocycles. The summed E-state index contributed by atoms with van der Waals surface area (Å²) in [6, 6.07) is 8.93. The highest BCUT2D eigenvalue weighted by atomic mass is 32.2. The molecule has 1 aromatic heterocycles. The van der Waals surface area contributed by atoms with Crippen LogP contribution in [0.25, 0.3) is 17.2 Å². The molecule has 0 spiro atoms. The van der Waals surface area contributed by atoms with Crippen molar-refractivity contribution in [2.45, 2.75) is 6.92 Å². The minimum atomic E-state index is -3.59. The van der Waals surface area contributed by atoms with Gasteiger partial charge in [-0.05, 0) is 18.6 Å². The first-order chi connectivity index (χ1) is 10.3. The van der Waals surface area contributed by atoms with Crippen LogP contribution in [0.5, 0.6) is 0 Å². The summed E-state index contributed by atoms with van der Waals surface area (Å²) in [7, 11) is -3.59. The maximum absolute atomic E-state index is 12.4. The Kier molecular flexibility index (Phi) is 3.14. The van der Waals surface area contributed by atoms with Crippen molar-refractivity contribution in [3.63, 3.8) is 0 Å². The van der Waals surface area contributed by atoms with Gasteiger partial charge in [0.2, 0.25) is 21.6 Å². The van der Waals surface area contributed by atoms with E-state index in [0.29, 0.717) is 11.1 Å². The number of rotatable bonds is 2. The molecule has 0 saturated carbocycles. The molecule has 5 nitrogen and oxygen atoms in total. The molecular formula is C16H13NO4S. The third kappa shape index (κ3) is 2.12. The Morgan fingerprint density at radius 1 is 1.00 bits per heavy atom. The van der Waals surface area contributed by atoms with E-state index >= 15 is 0 Å². The molecule has 0 amide bonds. The van der Waals surface area contributed by atoms with E-state index in [1.165, 1.54) is 19.2 Å². The molecule has 1 aliphatic carbocycles. The van der Waals surface area contributed by atoms with Gasteiger partial charge >= 0.3 is 0 Å². The summed E-state index contributed by atoms with van der Waals surface area (Å²) in [5.74, 6) is -1.27. The van der Waals surface area contributed by atoms with Crippen LogP contribution < -0.4 is 0 Å². The molecule has 0 N–H and O–H groups in total. The monoisotopic (exact) mass is 315 g/mol. The largest absolute Gasteiger partial charge is 0.285 e. The van der Waals surface area contributed by atoms with Crippen molar-refractivity contribution in [3.05, 3.63) is 53.4 Å². The molecule has 112 valence electrons. The zero-order valence-corrected chi connectivity index (χ0v) is 12.8. The molecule has 6 heteroatoms. The fourth-order valence-corrected chi connectivity index (χ4v) is 3.35. The topological polar surface area (TPSA) is 73.2 Å². The molecule has 1 aliphatic rings. The van der Waals surface area contributed by atoms with Crippen molar-refractivity contribution in [1.29, 1.82) is 0 Å². The van der Waals surface area contributed by atoms with Crippen LogP contribution in [0.3, 0.4) is 0 Å². The molecule has 0 bridgehead atoms. The van der Waals surface area contributed by atoms with Gasteiger partial charge in [-0.25, -0.2) is 12.4 Å². The van der Waals surface area contributed by atoms with Crippen LogP contribution in [0, 0.1) is 0 Å². The summed E-state index contributed by atoms with van der Waals surface area (Å²) >= 11 is 0. The Balaban J connectivity index is 2.41. The number of carbonyl (C=O) groups excluding carboxylic acids is 2. The second-order valence-corrected chi connectivity index (χ2v) is 7.07. The minimum Gasteiger partial charge on any atom is -0.285 e. The number of hydrogen-bond donors (Lipinski definition) is 0.